The zero-order valence-electron chi connectivity index (χ0n) is 18.5. The third-order valence-electron chi connectivity index (χ3n) is 5.76. The highest BCUT2D eigenvalue weighted by Gasteiger charge is 2.24. The minimum atomic E-state index is -0.138. The summed E-state index contributed by atoms with van der Waals surface area (Å²) in [6.45, 7) is 4.48. The van der Waals surface area contributed by atoms with E-state index in [1.54, 1.807) is 23.1 Å². The van der Waals surface area contributed by atoms with E-state index in [-0.39, 0.29) is 25.0 Å². The van der Waals surface area contributed by atoms with Crippen molar-refractivity contribution in [3.8, 4) is 11.1 Å². The molecule has 3 aromatic carbocycles. The summed E-state index contributed by atoms with van der Waals surface area (Å²) >= 11 is 0. The first-order valence-corrected chi connectivity index (χ1v) is 11.2. The molecule has 1 saturated carbocycles. The number of carbonyl (C=O) groups is 2. The Kier molecular flexibility index (Phi) is 7.01. The predicted molar refractivity (Wildman–Crippen MR) is 131 cm³/mol. The van der Waals surface area contributed by atoms with Crippen LogP contribution in [-0.4, -0.2) is 41.0 Å². The zero-order valence-corrected chi connectivity index (χ0v) is 18.5. The summed E-state index contributed by atoms with van der Waals surface area (Å²) in [5.41, 5.74) is 4.88. The molecular formula is C28H28N2O3. The monoisotopic (exact) mass is 440 g/mol. The number of carbonyl (C=O) groups excluding carboxylic acids is 2. The molecule has 0 heterocycles. The molecule has 33 heavy (non-hydrogen) atoms. The summed E-state index contributed by atoms with van der Waals surface area (Å²) in [6, 6.07) is 22.9. The van der Waals surface area contributed by atoms with E-state index in [4.69, 9.17) is 0 Å². The first-order valence-electron chi connectivity index (χ1n) is 11.2. The minimum absolute atomic E-state index is 0.0679. The Morgan fingerprint density at radius 3 is 2.33 bits per heavy atom. The summed E-state index contributed by atoms with van der Waals surface area (Å²) in [5.74, 6) is -0.206. The summed E-state index contributed by atoms with van der Waals surface area (Å²) in [4.78, 5) is 27.2. The van der Waals surface area contributed by atoms with Gasteiger partial charge in [0.25, 0.3) is 11.8 Å². The van der Waals surface area contributed by atoms with Crippen LogP contribution in [0.4, 0.5) is 0 Å². The van der Waals surface area contributed by atoms with E-state index >= 15 is 0 Å². The van der Waals surface area contributed by atoms with Crippen LogP contribution in [0.15, 0.2) is 79.4 Å². The number of nitrogens with zero attached hydrogens (tertiary/aromatic N) is 1. The van der Waals surface area contributed by atoms with Gasteiger partial charge in [-0.15, -0.1) is 0 Å². The van der Waals surface area contributed by atoms with Crippen molar-refractivity contribution in [2.45, 2.75) is 25.4 Å². The molecular weight excluding hydrogens is 412 g/mol. The second-order valence-electron chi connectivity index (χ2n) is 8.27. The lowest BCUT2D eigenvalue weighted by Crippen LogP contribution is -2.33. The molecule has 0 unspecified atom stereocenters. The molecule has 4 rings (SSSR count). The molecule has 2 N–H and O–H groups in total. The summed E-state index contributed by atoms with van der Waals surface area (Å²) < 4.78 is 0. The Balaban J connectivity index is 1.56. The van der Waals surface area contributed by atoms with E-state index in [0.717, 1.165) is 35.1 Å². The number of rotatable bonds is 9. The predicted octanol–water partition coefficient (Wildman–Crippen LogP) is 4.52. The molecule has 0 spiro atoms. The molecule has 0 bridgehead atoms. The molecule has 5 heteroatoms. The number of aliphatic hydroxyl groups excluding tert-OH is 1. The standard InChI is InChI=1S/C28H28N2O3/c1-2-21-8-13-24(27(32)29-25-14-15-25)18-26(21)22-9-11-23(12-10-22)28(33)30(16-17-31)19-20-6-4-3-5-7-20/h2-13,18,25,31H,1,14-17,19H2,(H,29,32). The van der Waals surface area contributed by atoms with Gasteiger partial charge in [-0.05, 0) is 59.4 Å². The minimum Gasteiger partial charge on any atom is -0.395 e. The molecule has 168 valence electrons. The van der Waals surface area contributed by atoms with E-state index in [1.807, 2.05) is 60.7 Å². The molecule has 1 aliphatic rings. The van der Waals surface area contributed by atoms with Crippen LogP contribution in [0.5, 0.6) is 0 Å². The Labute approximate surface area is 194 Å². The van der Waals surface area contributed by atoms with Gasteiger partial charge >= 0.3 is 0 Å². The number of nitrogens with one attached hydrogen (secondary N) is 1. The Bertz CT molecular complexity index is 1140. The van der Waals surface area contributed by atoms with E-state index < -0.39 is 0 Å². The van der Waals surface area contributed by atoms with Crippen molar-refractivity contribution < 1.29 is 14.7 Å². The lowest BCUT2D eigenvalue weighted by molar-refractivity contribution is 0.0707. The van der Waals surface area contributed by atoms with Gasteiger partial charge in [0.05, 0.1) is 6.61 Å². The second kappa shape index (κ2) is 10.3. The third-order valence-corrected chi connectivity index (χ3v) is 5.76. The topological polar surface area (TPSA) is 69.6 Å². The van der Waals surface area contributed by atoms with Gasteiger partial charge in [0, 0.05) is 30.3 Å². The van der Waals surface area contributed by atoms with Crippen LogP contribution >= 0.6 is 0 Å². The van der Waals surface area contributed by atoms with Gasteiger partial charge < -0.3 is 15.3 Å². The fraction of sp³-hybridized carbons (Fsp3) is 0.214. The van der Waals surface area contributed by atoms with Gasteiger partial charge in [0.15, 0.2) is 0 Å². The van der Waals surface area contributed by atoms with Gasteiger partial charge in [-0.3, -0.25) is 9.59 Å². The highest BCUT2D eigenvalue weighted by Crippen LogP contribution is 2.28. The first kappa shape index (κ1) is 22.5. The van der Waals surface area contributed by atoms with Gasteiger partial charge in [0.1, 0.15) is 0 Å². The summed E-state index contributed by atoms with van der Waals surface area (Å²) in [5, 5.41) is 12.5. The van der Waals surface area contributed by atoms with Crippen molar-refractivity contribution in [2.75, 3.05) is 13.2 Å². The molecule has 0 saturated heterocycles. The maximum Gasteiger partial charge on any atom is 0.254 e. The quantitative estimate of drug-likeness (QED) is 0.514. The highest BCUT2D eigenvalue weighted by molar-refractivity contribution is 5.97. The molecule has 1 aliphatic carbocycles. The van der Waals surface area contributed by atoms with Crippen molar-refractivity contribution >= 4 is 17.9 Å². The first-order chi connectivity index (χ1) is 16.1. The van der Waals surface area contributed by atoms with Crippen molar-refractivity contribution in [2.24, 2.45) is 0 Å². The van der Waals surface area contributed by atoms with E-state index in [1.165, 1.54) is 0 Å². The van der Waals surface area contributed by atoms with Gasteiger partial charge in [0.2, 0.25) is 0 Å². The van der Waals surface area contributed by atoms with Crippen LogP contribution < -0.4 is 5.32 Å². The van der Waals surface area contributed by atoms with Crippen LogP contribution in [-0.2, 0) is 6.54 Å². The maximum atomic E-state index is 13.1. The van der Waals surface area contributed by atoms with E-state index in [9.17, 15) is 14.7 Å². The fourth-order valence-corrected chi connectivity index (χ4v) is 3.77. The molecule has 2 amide bonds. The molecule has 0 aromatic heterocycles. The Morgan fingerprint density at radius 1 is 1.00 bits per heavy atom. The number of amides is 2. The van der Waals surface area contributed by atoms with Crippen LogP contribution in [0, 0.1) is 0 Å². The molecule has 0 aliphatic heterocycles. The van der Waals surface area contributed by atoms with E-state index in [2.05, 4.69) is 11.9 Å². The normalized spacial score (nSPS) is 12.8. The van der Waals surface area contributed by atoms with Gasteiger partial charge in [-0.1, -0.05) is 61.2 Å². The molecule has 3 aromatic rings. The van der Waals surface area contributed by atoms with Crippen LogP contribution in [0.2, 0.25) is 0 Å². The molecule has 0 radical (unpaired) electrons. The summed E-state index contributed by atoms with van der Waals surface area (Å²) in [6.07, 6.45) is 3.84. The van der Waals surface area contributed by atoms with Crippen molar-refractivity contribution in [1.29, 1.82) is 0 Å². The Hall–Kier alpha value is -3.70. The molecule has 5 nitrogen and oxygen atoms in total. The average Bonchev–Trinajstić information content (AvgIpc) is 3.67. The Morgan fingerprint density at radius 2 is 1.70 bits per heavy atom. The van der Waals surface area contributed by atoms with Crippen LogP contribution in [0.1, 0.15) is 44.7 Å². The number of hydrogen-bond donors (Lipinski definition) is 2. The SMILES string of the molecule is C=Cc1ccc(C(=O)NC2CC2)cc1-c1ccc(C(=O)N(CCO)Cc2ccccc2)cc1. The smallest absolute Gasteiger partial charge is 0.254 e. The maximum absolute atomic E-state index is 13.1. The lowest BCUT2D eigenvalue weighted by atomic mass is 9.96. The van der Waals surface area contributed by atoms with E-state index in [0.29, 0.717) is 23.7 Å². The number of benzene rings is 3. The van der Waals surface area contributed by atoms with Crippen LogP contribution in [0.3, 0.4) is 0 Å². The molecule has 1 fully saturated rings. The van der Waals surface area contributed by atoms with Crippen LogP contribution in [0.25, 0.3) is 17.2 Å². The van der Waals surface area contributed by atoms with Gasteiger partial charge in [-0.25, -0.2) is 0 Å². The highest BCUT2D eigenvalue weighted by atomic mass is 16.3. The second-order valence-corrected chi connectivity index (χ2v) is 8.27. The lowest BCUT2D eigenvalue weighted by Gasteiger charge is -2.22. The van der Waals surface area contributed by atoms with Crippen molar-refractivity contribution in [3.63, 3.8) is 0 Å². The average molecular weight is 441 g/mol. The fourth-order valence-electron chi connectivity index (χ4n) is 3.77. The van der Waals surface area contributed by atoms with Crippen molar-refractivity contribution in [3.05, 3.63) is 102 Å². The third kappa shape index (κ3) is 5.57. The summed E-state index contributed by atoms with van der Waals surface area (Å²) in [7, 11) is 0. The number of aliphatic hydroxyl groups is 1. The zero-order chi connectivity index (χ0) is 23.2. The number of hydrogen-bond acceptors (Lipinski definition) is 3. The van der Waals surface area contributed by atoms with Crippen molar-refractivity contribution in [1.82, 2.24) is 10.2 Å². The van der Waals surface area contributed by atoms with Gasteiger partial charge in [-0.2, -0.15) is 0 Å². The largest absolute Gasteiger partial charge is 0.395 e. The molecule has 0 atom stereocenters.